The SMILES string of the molecule is CC1(C(=O)NCc2cc(Br)cs2)CCNC1. The Morgan fingerprint density at radius 3 is 3.12 bits per heavy atom. The first-order valence-corrected chi connectivity index (χ1v) is 6.99. The molecule has 0 aromatic carbocycles. The van der Waals surface area contributed by atoms with Crippen molar-refractivity contribution in [3.8, 4) is 0 Å². The van der Waals surface area contributed by atoms with E-state index in [-0.39, 0.29) is 11.3 Å². The van der Waals surface area contributed by atoms with Gasteiger partial charge >= 0.3 is 0 Å². The number of thiophene rings is 1. The molecule has 0 spiro atoms. The van der Waals surface area contributed by atoms with Gasteiger partial charge in [0.25, 0.3) is 0 Å². The Morgan fingerprint density at radius 2 is 2.56 bits per heavy atom. The monoisotopic (exact) mass is 302 g/mol. The summed E-state index contributed by atoms with van der Waals surface area (Å²) in [5, 5.41) is 8.26. The largest absolute Gasteiger partial charge is 0.351 e. The first-order chi connectivity index (χ1) is 7.60. The number of hydrogen-bond donors (Lipinski definition) is 2. The summed E-state index contributed by atoms with van der Waals surface area (Å²) in [6.45, 7) is 4.37. The van der Waals surface area contributed by atoms with E-state index in [1.165, 1.54) is 4.88 Å². The average molecular weight is 303 g/mol. The van der Waals surface area contributed by atoms with Crippen LogP contribution in [0, 0.1) is 5.41 Å². The van der Waals surface area contributed by atoms with Gasteiger partial charge in [-0.05, 0) is 41.9 Å². The summed E-state index contributed by atoms with van der Waals surface area (Å²) in [5.41, 5.74) is -0.228. The van der Waals surface area contributed by atoms with Crippen molar-refractivity contribution < 1.29 is 4.79 Å². The maximum atomic E-state index is 12.0. The lowest BCUT2D eigenvalue weighted by molar-refractivity contribution is -0.129. The Labute approximate surface area is 108 Å². The van der Waals surface area contributed by atoms with Crippen LogP contribution in [0.2, 0.25) is 0 Å². The van der Waals surface area contributed by atoms with Crippen LogP contribution in [0.25, 0.3) is 0 Å². The van der Waals surface area contributed by atoms with Gasteiger partial charge in [0.2, 0.25) is 5.91 Å². The van der Waals surface area contributed by atoms with Crippen molar-refractivity contribution in [1.82, 2.24) is 10.6 Å². The van der Waals surface area contributed by atoms with E-state index in [0.29, 0.717) is 6.54 Å². The molecule has 0 aliphatic carbocycles. The Bertz CT molecular complexity index is 385. The molecule has 16 heavy (non-hydrogen) atoms. The molecule has 2 rings (SSSR count). The van der Waals surface area contributed by atoms with Gasteiger partial charge in [-0.3, -0.25) is 4.79 Å². The number of nitrogens with one attached hydrogen (secondary N) is 2. The van der Waals surface area contributed by atoms with Crippen LogP contribution in [-0.4, -0.2) is 19.0 Å². The van der Waals surface area contributed by atoms with Crippen molar-refractivity contribution in [2.75, 3.05) is 13.1 Å². The number of halogens is 1. The van der Waals surface area contributed by atoms with Crippen molar-refractivity contribution in [3.63, 3.8) is 0 Å². The molecule has 1 aromatic heterocycles. The highest BCUT2D eigenvalue weighted by atomic mass is 79.9. The van der Waals surface area contributed by atoms with E-state index in [1.807, 2.05) is 18.4 Å². The second kappa shape index (κ2) is 4.85. The number of rotatable bonds is 3. The molecule has 3 nitrogen and oxygen atoms in total. The van der Waals surface area contributed by atoms with Crippen LogP contribution in [0.15, 0.2) is 15.9 Å². The van der Waals surface area contributed by atoms with Gasteiger partial charge in [-0.15, -0.1) is 11.3 Å². The second-order valence-corrected chi connectivity index (χ2v) is 6.31. The van der Waals surface area contributed by atoms with Gasteiger partial charge in [0.15, 0.2) is 0 Å². The smallest absolute Gasteiger partial charge is 0.227 e. The highest BCUT2D eigenvalue weighted by Gasteiger charge is 2.35. The minimum absolute atomic E-state index is 0.155. The number of hydrogen-bond acceptors (Lipinski definition) is 3. The Balaban J connectivity index is 1.88. The molecule has 0 radical (unpaired) electrons. The Kier molecular flexibility index (Phi) is 3.66. The van der Waals surface area contributed by atoms with E-state index >= 15 is 0 Å². The van der Waals surface area contributed by atoms with Crippen LogP contribution in [0.5, 0.6) is 0 Å². The fraction of sp³-hybridized carbons (Fsp3) is 0.545. The molecular weight excluding hydrogens is 288 g/mol. The van der Waals surface area contributed by atoms with Crippen LogP contribution < -0.4 is 10.6 Å². The topological polar surface area (TPSA) is 41.1 Å². The Hall–Kier alpha value is -0.390. The fourth-order valence-electron chi connectivity index (χ4n) is 1.84. The minimum atomic E-state index is -0.228. The van der Waals surface area contributed by atoms with E-state index in [2.05, 4.69) is 26.6 Å². The summed E-state index contributed by atoms with van der Waals surface area (Å²) in [6, 6.07) is 2.04. The van der Waals surface area contributed by atoms with Crippen molar-refractivity contribution in [2.24, 2.45) is 5.41 Å². The Morgan fingerprint density at radius 1 is 1.75 bits per heavy atom. The molecule has 1 amide bonds. The third-order valence-corrected chi connectivity index (χ3v) is 4.66. The fourth-order valence-corrected chi connectivity index (χ4v) is 3.23. The van der Waals surface area contributed by atoms with E-state index < -0.39 is 0 Å². The summed E-state index contributed by atoms with van der Waals surface area (Å²) in [4.78, 5) is 13.2. The minimum Gasteiger partial charge on any atom is -0.351 e. The summed E-state index contributed by atoms with van der Waals surface area (Å²) in [7, 11) is 0. The predicted molar refractivity (Wildman–Crippen MR) is 69.5 cm³/mol. The van der Waals surface area contributed by atoms with E-state index in [1.54, 1.807) is 11.3 Å². The molecule has 1 fully saturated rings. The molecule has 5 heteroatoms. The molecule has 2 N–H and O–H groups in total. The van der Waals surface area contributed by atoms with Crippen LogP contribution in [0.1, 0.15) is 18.2 Å². The highest BCUT2D eigenvalue weighted by Crippen LogP contribution is 2.25. The average Bonchev–Trinajstić information content (AvgIpc) is 2.85. The maximum absolute atomic E-state index is 12.0. The normalized spacial score (nSPS) is 24.6. The molecule has 88 valence electrons. The van der Waals surface area contributed by atoms with Gasteiger partial charge in [0.1, 0.15) is 0 Å². The van der Waals surface area contributed by atoms with E-state index in [0.717, 1.165) is 24.0 Å². The van der Waals surface area contributed by atoms with Crippen LogP contribution >= 0.6 is 27.3 Å². The predicted octanol–water partition coefficient (Wildman–Crippen LogP) is 2.13. The molecule has 0 bridgehead atoms. The van der Waals surface area contributed by atoms with Crippen molar-refractivity contribution in [1.29, 1.82) is 0 Å². The summed E-state index contributed by atoms with van der Waals surface area (Å²) in [5.74, 6) is 0.155. The van der Waals surface area contributed by atoms with Gasteiger partial charge in [-0.1, -0.05) is 0 Å². The third kappa shape index (κ3) is 2.64. The van der Waals surface area contributed by atoms with Gasteiger partial charge in [-0.2, -0.15) is 0 Å². The molecule has 1 atom stereocenters. The number of carbonyl (C=O) groups excluding carboxylic acids is 1. The lowest BCUT2D eigenvalue weighted by Crippen LogP contribution is -2.39. The van der Waals surface area contributed by atoms with E-state index in [9.17, 15) is 4.79 Å². The lowest BCUT2D eigenvalue weighted by atomic mass is 9.89. The van der Waals surface area contributed by atoms with Gasteiger partial charge in [-0.25, -0.2) is 0 Å². The first kappa shape index (κ1) is 12.1. The van der Waals surface area contributed by atoms with Gasteiger partial charge in [0.05, 0.1) is 12.0 Å². The summed E-state index contributed by atoms with van der Waals surface area (Å²) >= 11 is 5.06. The van der Waals surface area contributed by atoms with Crippen molar-refractivity contribution in [2.45, 2.75) is 19.9 Å². The molecule has 1 unspecified atom stereocenters. The molecule has 0 saturated carbocycles. The molecular formula is C11H15BrN2OS. The molecule has 1 aliphatic rings. The summed E-state index contributed by atoms with van der Waals surface area (Å²) in [6.07, 6.45) is 0.924. The zero-order valence-corrected chi connectivity index (χ0v) is 11.6. The highest BCUT2D eigenvalue weighted by molar-refractivity contribution is 9.10. The number of amides is 1. The quantitative estimate of drug-likeness (QED) is 0.898. The molecule has 1 aromatic rings. The van der Waals surface area contributed by atoms with Gasteiger partial charge < -0.3 is 10.6 Å². The van der Waals surface area contributed by atoms with Gasteiger partial charge in [0, 0.05) is 21.3 Å². The van der Waals surface area contributed by atoms with Crippen molar-refractivity contribution in [3.05, 3.63) is 20.8 Å². The zero-order chi connectivity index (χ0) is 11.6. The standard InChI is InChI=1S/C11H15BrN2OS/c1-11(2-3-13-7-11)10(15)14-5-9-4-8(12)6-16-9/h4,6,13H,2-3,5,7H2,1H3,(H,14,15). The zero-order valence-electron chi connectivity index (χ0n) is 9.18. The van der Waals surface area contributed by atoms with Crippen LogP contribution in [-0.2, 0) is 11.3 Å². The first-order valence-electron chi connectivity index (χ1n) is 5.32. The molecule has 1 saturated heterocycles. The third-order valence-electron chi connectivity index (χ3n) is 2.96. The molecule has 2 heterocycles. The van der Waals surface area contributed by atoms with E-state index in [4.69, 9.17) is 0 Å². The maximum Gasteiger partial charge on any atom is 0.227 e. The van der Waals surface area contributed by atoms with Crippen molar-refractivity contribution >= 4 is 33.2 Å². The van der Waals surface area contributed by atoms with Crippen LogP contribution in [0.4, 0.5) is 0 Å². The second-order valence-electron chi connectivity index (χ2n) is 4.40. The lowest BCUT2D eigenvalue weighted by Gasteiger charge is -2.21. The summed E-state index contributed by atoms with van der Waals surface area (Å²) < 4.78 is 1.08. The molecule has 1 aliphatic heterocycles. The number of carbonyl (C=O) groups is 1. The van der Waals surface area contributed by atoms with Crippen LogP contribution in [0.3, 0.4) is 0 Å².